The lowest BCUT2D eigenvalue weighted by atomic mass is 10.2. The van der Waals surface area contributed by atoms with Crippen molar-refractivity contribution in [2.24, 2.45) is 0 Å². The molecule has 8 heteroatoms. The van der Waals surface area contributed by atoms with Crippen LogP contribution in [-0.4, -0.2) is 24.6 Å². The van der Waals surface area contributed by atoms with Gasteiger partial charge in [-0.15, -0.1) is 11.3 Å². The summed E-state index contributed by atoms with van der Waals surface area (Å²) in [6.45, 7) is 0.618. The molecule has 24 heavy (non-hydrogen) atoms. The Bertz CT molecular complexity index is 937. The molecule has 2 aromatic heterocycles. The lowest BCUT2D eigenvalue weighted by molar-refractivity contribution is 0.602. The van der Waals surface area contributed by atoms with Crippen LogP contribution in [0.3, 0.4) is 0 Å². The van der Waals surface area contributed by atoms with Gasteiger partial charge >= 0.3 is 0 Å². The molecular weight excluding hydrogens is 344 g/mol. The highest BCUT2D eigenvalue weighted by atomic mass is 32.2. The van der Waals surface area contributed by atoms with E-state index >= 15 is 0 Å². The van der Waals surface area contributed by atoms with Crippen molar-refractivity contribution in [3.05, 3.63) is 52.9 Å². The first-order chi connectivity index (χ1) is 11.4. The Morgan fingerprint density at radius 1 is 1.21 bits per heavy atom. The van der Waals surface area contributed by atoms with Gasteiger partial charge in [0.15, 0.2) is 21.5 Å². The van der Waals surface area contributed by atoms with Crippen molar-refractivity contribution in [3.8, 4) is 11.3 Å². The topological polar surface area (TPSA) is 98.0 Å². The van der Waals surface area contributed by atoms with Gasteiger partial charge in [-0.1, -0.05) is 18.2 Å². The van der Waals surface area contributed by atoms with Gasteiger partial charge in [0.1, 0.15) is 0 Å². The zero-order valence-electron chi connectivity index (χ0n) is 12.9. The SMILES string of the molecule is CS(=O)(=O)c1ccc(-c2cnc(N)c(NCc3cccs3)n2)cc1. The number of sulfone groups is 1. The highest BCUT2D eigenvalue weighted by Crippen LogP contribution is 2.23. The molecule has 0 radical (unpaired) electrons. The zero-order valence-corrected chi connectivity index (χ0v) is 14.6. The van der Waals surface area contributed by atoms with Gasteiger partial charge in [-0.2, -0.15) is 0 Å². The van der Waals surface area contributed by atoms with Gasteiger partial charge in [0, 0.05) is 16.7 Å². The van der Waals surface area contributed by atoms with Crippen LogP contribution in [0.5, 0.6) is 0 Å². The molecule has 0 fully saturated rings. The molecule has 0 spiro atoms. The summed E-state index contributed by atoms with van der Waals surface area (Å²) < 4.78 is 23.0. The maximum absolute atomic E-state index is 11.5. The van der Waals surface area contributed by atoms with Gasteiger partial charge in [-0.25, -0.2) is 18.4 Å². The molecule has 2 heterocycles. The molecule has 124 valence electrons. The van der Waals surface area contributed by atoms with Crippen LogP contribution < -0.4 is 11.1 Å². The summed E-state index contributed by atoms with van der Waals surface area (Å²) in [5, 5.41) is 5.18. The van der Waals surface area contributed by atoms with Gasteiger partial charge in [0.2, 0.25) is 0 Å². The standard InChI is InChI=1S/C16H16N4O2S2/c1-24(21,22)13-6-4-11(5-7-13)14-10-18-15(17)16(20-14)19-9-12-3-2-8-23-12/h2-8,10H,9H2,1H3,(H2,17,18)(H,19,20). The van der Waals surface area contributed by atoms with E-state index in [0.29, 0.717) is 23.9 Å². The minimum atomic E-state index is -3.22. The fourth-order valence-electron chi connectivity index (χ4n) is 2.12. The first kappa shape index (κ1) is 16.4. The number of thiophene rings is 1. The summed E-state index contributed by atoms with van der Waals surface area (Å²) in [5.41, 5.74) is 7.27. The minimum absolute atomic E-state index is 0.269. The molecule has 0 aliphatic heterocycles. The van der Waals surface area contributed by atoms with E-state index in [-0.39, 0.29) is 4.90 Å². The summed E-state index contributed by atoms with van der Waals surface area (Å²) in [7, 11) is -3.22. The molecular formula is C16H16N4O2S2. The third-order valence-corrected chi connectivity index (χ3v) is 5.39. The first-order valence-corrected chi connectivity index (χ1v) is 9.90. The molecule has 0 bridgehead atoms. The molecule has 3 aromatic rings. The second-order valence-corrected chi connectivity index (χ2v) is 8.27. The highest BCUT2D eigenvalue weighted by Gasteiger charge is 2.10. The average Bonchev–Trinajstić information content (AvgIpc) is 3.07. The lowest BCUT2D eigenvalue weighted by Crippen LogP contribution is -2.06. The number of hydrogen-bond donors (Lipinski definition) is 2. The van der Waals surface area contributed by atoms with Crippen LogP contribution in [0, 0.1) is 0 Å². The molecule has 0 amide bonds. The number of nitrogen functional groups attached to an aromatic ring is 1. The number of benzene rings is 1. The predicted molar refractivity (Wildman–Crippen MR) is 96.6 cm³/mol. The van der Waals surface area contributed by atoms with Crippen LogP contribution >= 0.6 is 11.3 Å². The summed E-state index contributed by atoms with van der Waals surface area (Å²) >= 11 is 1.64. The summed E-state index contributed by atoms with van der Waals surface area (Å²) in [5.74, 6) is 0.830. The molecule has 3 rings (SSSR count). The molecule has 3 N–H and O–H groups in total. The third kappa shape index (κ3) is 3.72. The predicted octanol–water partition coefficient (Wildman–Crippen LogP) is 2.80. The maximum atomic E-state index is 11.5. The quantitative estimate of drug-likeness (QED) is 0.726. The van der Waals surface area contributed by atoms with Crippen LogP contribution in [0.1, 0.15) is 4.88 Å². The van der Waals surface area contributed by atoms with Crippen LogP contribution in [0.4, 0.5) is 11.6 Å². The first-order valence-electron chi connectivity index (χ1n) is 7.13. The van der Waals surface area contributed by atoms with E-state index in [1.165, 1.54) is 11.1 Å². The normalized spacial score (nSPS) is 11.4. The van der Waals surface area contributed by atoms with Crippen molar-refractivity contribution in [1.82, 2.24) is 9.97 Å². The Kier molecular flexibility index (Phi) is 4.50. The Balaban J connectivity index is 1.85. The van der Waals surface area contributed by atoms with Gasteiger partial charge in [0.25, 0.3) is 0 Å². The second-order valence-electron chi connectivity index (χ2n) is 5.22. The largest absolute Gasteiger partial charge is 0.381 e. The zero-order chi connectivity index (χ0) is 17.2. The number of nitrogens with one attached hydrogen (secondary N) is 1. The van der Waals surface area contributed by atoms with Crippen molar-refractivity contribution in [2.75, 3.05) is 17.3 Å². The lowest BCUT2D eigenvalue weighted by Gasteiger charge is -2.09. The van der Waals surface area contributed by atoms with Gasteiger partial charge in [-0.3, -0.25) is 0 Å². The van der Waals surface area contributed by atoms with Crippen LogP contribution in [-0.2, 0) is 16.4 Å². The number of anilines is 2. The molecule has 0 aliphatic rings. The van der Waals surface area contributed by atoms with Crippen molar-refractivity contribution in [2.45, 2.75) is 11.4 Å². The molecule has 0 aliphatic carbocycles. The Morgan fingerprint density at radius 2 is 1.96 bits per heavy atom. The van der Waals surface area contributed by atoms with Crippen molar-refractivity contribution in [1.29, 1.82) is 0 Å². The fourth-order valence-corrected chi connectivity index (χ4v) is 3.40. The fraction of sp³-hybridized carbons (Fsp3) is 0.125. The number of nitrogens with zero attached hydrogens (tertiary/aromatic N) is 2. The minimum Gasteiger partial charge on any atom is -0.381 e. The van der Waals surface area contributed by atoms with E-state index in [2.05, 4.69) is 15.3 Å². The smallest absolute Gasteiger partial charge is 0.175 e. The maximum Gasteiger partial charge on any atom is 0.175 e. The van der Waals surface area contributed by atoms with Crippen molar-refractivity contribution < 1.29 is 8.42 Å². The molecule has 0 saturated heterocycles. The molecule has 0 saturated carbocycles. The number of rotatable bonds is 5. The molecule has 0 atom stereocenters. The Labute approximate surface area is 144 Å². The molecule has 1 aromatic carbocycles. The monoisotopic (exact) mass is 360 g/mol. The summed E-state index contributed by atoms with van der Waals surface area (Å²) in [4.78, 5) is 10.1. The van der Waals surface area contributed by atoms with Crippen LogP contribution in [0.2, 0.25) is 0 Å². The van der Waals surface area contributed by atoms with E-state index in [1.807, 2.05) is 17.5 Å². The Morgan fingerprint density at radius 3 is 2.58 bits per heavy atom. The van der Waals surface area contributed by atoms with Crippen molar-refractivity contribution >= 4 is 32.8 Å². The van der Waals surface area contributed by atoms with Gasteiger partial charge in [-0.05, 0) is 23.6 Å². The number of hydrogen-bond acceptors (Lipinski definition) is 7. The van der Waals surface area contributed by atoms with E-state index < -0.39 is 9.84 Å². The molecule has 6 nitrogen and oxygen atoms in total. The third-order valence-electron chi connectivity index (χ3n) is 3.39. The van der Waals surface area contributed by atoms with Crippen LogP contribution in [0.15, 0.2) is 52.9 Å². The van der Waals surface area contributed by atoms with Gasteiger partial charge < -0.3 is 11.1 Å². The van der Waals surface area contributed by atoms with E-state index in [1.54, 1.807) is 41.8 Å². The van der Waals surface area contributed by atoms with Gasteiger partial charge in [0.05, 0.1) is 23.3 Å². The van der Waals surface area contributed by atoms with Crippen molar-refractivity contribution in [3.63, 3.8) is 0 Å². The highest BCUT2D eigenvalue weighted by molar-refractivity contribution is 7.90. The van der Waals surface area contributed by atoms with E-state index in [0.717, 1.165) is 5.56 Å². The van der Waals surface area contributed by atoms with Crippen LogP contribution in [0.25, 0.3) is 11.3 Å². The number of nitrogens with two attached hydrogens (primary N) is 1. The van der Waals surface area contributed by atoms with E-state index in [9.17, 15) is 8.42 Å². The summed E-state index contributed by atoms with van der Waals surface area (Å²) in [6.07, 6.45) is 2.75. The second kappa shape index (κ2) is 6.58. The average molecular weight is 360 g/mol. The molecule has 0 unspecified atom stereocenters. The number of aromatic nitrogens is 2. The Hall–Kier alpha value is -2.45. The summed E-state index contributed by atoms with van der Waals surface area (Å²) in [6, 6.07) is 10.5. The van der Waals surface area contributed by atoms with E-state index in [4.69, 9.17) is 5.73 Å².